The summed E-state index contributed by atoms with van der Waals surface area (Å²) in [5, 5.41) is 9.18. The minimum absolute atomic E-state index is 0.0416. The predicted octanol–water partition coefficient (Wildman–Crippen LogP) is 3.50. The molecule has 0 saturated carbocycles. The number of carbonyl (C=O) groups is 2. The second-order valence-corrected chi connectivity index (χ2v) is 6.91. The Balaban J connectivity index is 2.06. The van der Waals surface area contributed by atoms with Crippen LogP contribution in [0.15, 0.2) is 30.6 Å². The van der Waals surface area contributed by atoms with Gasteiger partial charge in [-0.05, 0) is 12.1 Å². The zero-order valence-electron chi connectivity index (χ0n) is 16.3. The summed E-state index contributed by atoms with van der Waals surface area (Å²) in [5.74, 6) is -12.8. The molecule has 0 aliphatic carbocycles. The van der Waals surface area contributed by atoms with Gasteiger partial charge in [0, 0.05) is 16.5 Å². The number of carboxylic acids is 1. The van der Waals surface area contributed by atoms with E-state index >= 15 is 0 Å². The number of rotatable bonds is 6. The van der Waals surface area contributed by atoms with E-state index in [1.54, 1.807) is 0 Å². The van der Waals surface area contributed by atoms with Crippen molar-refractivity contribution in [3.8, 4) is 5.75 Å². The monoisotopic (exact) mass is 465 g/mol. The fraction of sp³-hybridized carbons (Fsp3) is 0.0952. The first-order valence-corrected chi connectivity index (χ1v) is 9.17. The summed E-state index contributed by atoms with van der Waals surface area (Å²) in [6, 6.07) is 4.19. The summed E-state index contributed by atoms with van der Waals surface area (Å²) < 4.78 is 76.1. The molecule has 0 bridgehead atoms. The number of hydrogen-bond acceptors (Lipinski definition) is 4. The minimum atomic E-state index is -2.29. The van der Waals surface area contributed by atoms with E-state index in [0.29, 0.717) is 0 Å². The standard InChI is InChI=1S/C21H12F5N3O4/c22-16-9(17(23)19(25)20(26)18(16)24)6-29-10-3-1-2-8(21(27)32)14(10)15-11(29)4-28-5-12(15)33-7-13(30)31/h1-5H,6-7H2,(H2,27,32)(H,30,31). The van der Waals surface area contributed by atoms with Crippen molar-refractivity contribution in [1.82, 2.24) is 9.55 Å². The highest BCUT2D eigenvalue weighted by Gasteiger charge is 2.28. The Hall–Kier alpha value is -4.22. The van der Waals surface area contributed by atoms with E-state index in [4.69, 9.17) is 15.6 Å². The van der Waals surface area contributed by atoms with E-state index in [2.05, 4.69) is 4.98 Å². The summed E-state index contributed by atoms with van der Waals surface area (Å²) in [6.45, 7) is -1.61. The Morgan fingerprint density at radius 1 is 0.939 bits per heavy atom. The van der Waals surface area contributed by atoms with Crippen LogP contribution in [0.2, 0.25) is 0 Å². The molecule has 3 N–H and O–H groups in total. The number of pyridine rings is 1. The molecule has 4 rings (SSSR count). The maximum atomic E-state index is 14.4. The van der Waals surface area contributed by atoms with Crippen LogP contribution in [0.3, 0.4) is 0 Å². The third-order valence-corrected chi connectivity index (χ3v) is 5.00. The van der Waals surface area contributed by atoms with Crippen molar-refractivity contribution in [1.29, 1.82) is 0 Å². The number of carboxylic acid groups (broad SMARTS) is 1. The zero-order chi connectivity index (χ0) is 24.0. The van der Waals surface area contributed by atoms with E-state index in [-0.39, 0.29) is 33.1 Å². The molecule has 170 valence electrons. The van der Waals surface area contributed by atoms with Gasteiger partial charge in [0.15, 0.2) is 29.9 Å². The summed E-state index contributed by atoms with van der Waals surface area (Å²) in [5.41, 5.74) is 4.50. The quantitative estimate of drug-likeness (QED) is 0.258. The van der Waals surface area contributed by atoms with Crippen molar-refractivity contribution in [2.24, 2.45) is 5.73 Å². The van der Waals surface area contributed by atoms with Gasteiger partial charge < -0.3 is 20.1 Å². The van der Waals surface area contributed by atoms with E-state index in [9.17, 15) is 31.5 Å². The molecule has 0 fully saturated rings. The lowest BCUT2D eigenvalue weighted by atomic mass is 10.1. The van der Waals surface area contributed by atoms with Crippen LogP contribution in [0, 0.1) is 29.1 Å². The number of hydrogen-bond donors (Lipinski definition) is 2. The molecule has 2 aromatic carbocycles. The van der Waals surface area contributed by atoms with E-state index in [0.717, 1.165) is 10.8 Å². The average molecular weight is 465 g/mol. The number of benzene rings is 2. The molecule has 0 atom stereocenters. The number of nitrogens with zero attached hydrogens (tertiary/aromatic N) is 2. The van der Waals surface area contributed by atoms with Gasteiger partial charge in [-0.25, -0.2) is 26.7 Å². The highest BCUT2D eigenvalue weighted by atomic mass is 19.2. The molecule has 0 radical (unpaired) electrons. The van der Waals surface area contributed by atoms with Crippen molar-refractivity contribution in [3.05, 3.63) is 70.8 Å². The molecule has 12 heteroatoms. The number of primary amides is 1. The summed E-state index contributed by atoms with van der Waals surface area (Å²) in [4.78, 5) is 26.9. The van der Waals surface area contributed by atoms with Crippen molar-refractivity contribution >= 4 is 33.7 Å². The number of halogens is 5. The second-order valence-electron chi connectivity index (χ2n) is 6.91. The van der Waals surface area contributed by atoms with Crippen LogP contribution in [0.4, 0.5) is 22.0 Å². The lowest BCUT2D eigenvalue weighted by Gasteiger charge is -2.12. The first kappa shape index (κ1) is 22.0. The van der Waals surface area contributed by atoms with Crippen LogP contribution in [-0.4, -0.2) is 33.1 Å². The Kier molecular flexibility index (Phi) is 5.36. The van der Waals surface area contributed by atoms with Gasteiger partial charge in [-0.2, -0.15) is 0 Å². The van der Waals surface area contributed by atoms with Gasteiger partial charge in [0.05, 0.1) is 35.4 Å². The van der Waals surface area contributed by atoms with Gasteiger partial charge in [0.1, 0.15) is 5.75 Å². The first-order chi connectivity index (χ1) is 15.6. The van der Waals surface area contributed by atoms with Gasteiger partial charge in [0.25, 0.3) is 0 Å². The molecule has 2 aromatic heterocycles. The maximum Gasteiger partial charge on any atom is 0.341 e. The fourth-order valence-electron chi connectivity index (χ4n) is 3.62. The number of fused-ring (bicyclic) bond motifs is 3. The molecule has 4 aromatic rings. The van der Waals surface area contributed by atoms with Gasteiger partial charge in [-0.15, -0.1) is 0 Å². The topological polar surface area (TPSA) is 107 Å². The third kappa shape index (κ3) is 3.49. The Morgan fingerprint density at radius 3 is 2.18 bits per heavy atom. The van der Waals surface area contributed by atoms with Gasteiger partial charge in [-0.3, -0.25) is 9.78 Å². The SMILES string of the molecule is NC(=O)c1cccc2c1c1c(OCC(=O)O)cncc1n2Cc1c(F)c(F)c(F)c(F)c1F. The van der Waals surface area contributed by atoms with Gasteiger partial charge in [0.2, 0.25) is 11.7 Å². The lowest BCUT2D eigenvalue weighted by molar-refractivity contribution is -0.139. The van der Waals surface area contributed by atoms with Crippen LogP contribution in [0.5, 0.6) is 5.75 Å². The molecule has 0 saturated heterocycles. The fourth-order valence-corrected chi connectivity index (χ4v) is 3.62. The molecule has 0 aliphatic heterocycles. The normalized spacial score (nSPS) is 11.3. The number of carbonyl (C=O) groups excluding carboxylic acids is 1. The molecule has 0 aliphatic rings. The van der Waals surface area contributed by atoms with E-state index < -0.39 is 59.7 Å². The molecule has 2 heterocycles. The van der Waals surface area contributed by atoms with Crippen LogP contribution in [-0.2, 0) is 11.3 Å². The predicted molar refractivity (Wildman–Crippen MR) is 104 cm³/mol. The number of nitrogens with two attached hydrogens (primary N) is 1. The molecular weight excluding hydrogens is 453 g/mol. The molecule has 7 nitrogen and oxygen atoms in total. The molecule has 0 spiro atoms. The highest BCUT2D eigenvalue weighted by molar-refractivity contribution is 6.19. The van der Waals surface area contributed by atoms with Gasteiger partial charge in [-0.1, -0.05) is 6.07 Å². The van der Waals surface area contributed by atoms with Crippen LogP contribution < -0.4 is 10.5 Å². The first-order valence-electron chi connectivity index (χ1n) is 9.17. The Bertz CT molecular complexity index is 1440. The lowest BCUT2D eigenvalue weighted by Crippen LogP contribution is -2.12. The van der Waals surface area contributed by atoms with Crippen molar-refractivity contribution in [2.45, 2.75) is 6.54 Å². The third-order valence-electron chi connectivity index (χ3n) is 5.00. The number of aliphatic carboxylic acids is 1. The van der Waals surface area contributed by atoms with Crippen LogP contribution in [0.25, 0.3) is 21.8 Å². The van der Waals surface area contributed by atoms with Crippen molar-refractivity contribution < 1.29 is 41.4 Å². The molecular formula is C21H12F5N3O4. The number of ether oxygens (including phenoxy) is 1. The molecule has 0 unspecified atom stereocenters. The summed E-state index contributed by atoms with van der Waals surface area (Å²) in [7, 11) is 0. The van der Waals surface area contributed by atoms with Gasteiger partial charge >= 0.3 is 5.97 Å². The Morgan fingerprint density at radius 2 is 1.58 bits per heavy atom. The molecule has 1 amide bonds. The minimum Gasteiger partial charge on any atom is -0.480 e. The number of aromatic nitrogens is 2. The van der Waals surface area contributed by atoms with Crippen LogP contribution >= 0.6 is 0 Å². The summed E-state index contributed by atoms with van der Waals surface area (Å²) >= 11 is 0. The second kappa shape index (κ2) is 8.04. The van der Waals surface area contributed by atoms with Crippen LogP contribution in [0.1, 0.15) is 15.9 Å². The number of amides is 1. The van der Waals surface area contributed by atoms with Crippen molar-refractivity contribution in [3.63, 3.8) is 0 Å². The maximum absolute atomic E-state index is 14.4. The van der Waals surface area contributed by atoms with E-state index in [1.807, 2.05) is 0 Å². The van der Waals surface area contributed by atoms with Crippen molar-refractivity contribution in [2.75, 3.05) is 6.61 Å². The largest absolute Gasteiger partial charge is 0.480 e. The average Bonchev–Trinajstić information content (AvgIpc) is 3.11. The summed E-state index contributed by atoms with van der Waals surface area (Å²) in [6.07, 6.45) is 2.37. The zero-order valence-corrected chi connectivity index (χ0v) is 16.3. The highest BCUT2D eigenvalue weighted by Crippen LogP contribution is 2.38. The molecule has 33 heavy (non-hydrogen) atoms. The smallest absolute Gasteiger partial charge is 0.341 e. The van der Waals surface area contributed by atoms with E-state index in [1.165, 1.54) is 24.4 Å². The Labute approximate surface area is 180 Å².